The van der Waals surface area contributed by atoms with Crippen molar-refractivity contribution in [2.75, 3.05) is 33.2 Å². The van der Waals surface area contributed by atoms with Crippen LogP contribution >= 0.6 is 0 Å². The van der Waals surface area contributed by atoms with E-state index in [4.69, 9.17) is 0 Å². The highest BCUT2D eigenvalue weighted by Gasteiger charge is 2.22. The first-order chi connectivity index (χ1) is 13.4. The minimum Gasteiger partial charge on any atom is -0.340 e. The molecule has 0 unspecified atom stereocenters. The van der Waals surface area contributed by atoms with Gasteiger partial charge in [0.2, 0.25) is 5.91 Å². The summed E-state index contributed by atoms with van der Waals surface area (Å²) >= 11 is 0. The third-order valence-corrected chi connectivity index (χ3v) is 5.62. The molecule has 3 aromatic rings. The molecule has 0 bridgehead atoms. The number of piperazine rings is 1. The Labute approximate surface area is 165 Å². The molecule has 0 spiro atoms. The predicted molar refractivity (Wildman–Crippen MR) is 108 cm³/mol. The number of nitrogens with zero attached hydrogens (tertiary/aromatic N) is 6. The highest BCUT2D eigenvalue weighted by atomic mass is 16.2. The van der Waals surface area contributed by atoms with Gasteiger partial charge in [0, 0.05) is 48.7 Å². The van der Waals surface area contributed by atoms with Crippen LogP contribution in [0.4, 0.5) is 0 Å². The molecule has 3 heterocycles. The summed E-state index contributed by atoms with van der Waals surface area (Å²) < 4.78 is 1.77. The maximum Gasteiger partial charge on any atom is 0.253 e. The molecule has 0 radical (unpaired) electrons. The van der Waals surface area contributed by atoms with E-state index in [1.807, 2.05) is 49.9 Å². The molecule has 1 aromatic carbocycles. The molecular weight excluding hydrogens is 352 g/mol. The first-order valence-electron chi connectivity index (χ1n) is 9.69. The van der Waals surface area contributed by atoms with Gasteiger partial charge >= 0.3 is 0 Å². The Balaban J connectivity index is 1.66. The molecule has 7 nitrogen and oxygen atoms in total. The van der Waals surface area contributed by atoms with Crippen LogP contribution in [0.15, 0.2) is 24.3 Å². The standard InChI is InChI=1S/C21H26N6O/c1-14-7-5-6-8-17(14)20-23-21-22-15(2)18(16(3)27(21)24-20)13-19(28)26-11-9-25(4)10-12-26/h5-8H,9-13H2,1-4H3. The van der Waals surface area contributed by atoms with Gasteiger partial charge in [-0.15, -0.1) is 5.10 Å². The molecule has 28 heavy (non-hydrogen) atoms. The van der Waals surface area contributed by atoms with Gasteiger partial charge in [0.25, 0.3) is 5.78 Å². The Hall–Kier alpha value is -2.80. The monoisotopic (exact) mass is 378 g/mol. The van der Waals surface area contributed by atoms with E-state index < -0.39 is 0 Å². The molecule has 1 amide bonds. The van der Waals surface area contributed by atoms with Crippen LogP contribution in [0.3, 0.4) is 0 Å². The van der Waals surface area contributed by atoms with Crippen molar-refractivity contribution in [3.8, 4) is 11.4 Å². The lowest BCUT2D eigenvalue weighted by Gasteiger charge is -2.32. The van der Waals surface area contributed by atoms with Gasteiger partial charge < -0.3 is 9.80 Å². The molecule has 1 aliphatic rings. The molecular formula is C21H26N6O. The lowest BCUT2D eigenvalue weighted by molar-refractivity contribution is -0.132. The Morgan fingerprint density at radius 3 is 2.46 bits per heavy atom. The number of hydrogen-bond donors (Lipinski definition) is 0. The Bertz CT molecular complexity index is 1030. The minimum absolute atomic E-state index is 0.152. The maximum atomic E-state index is 12.8. The van der Waals surface area contributed by atoms with Crippen molar-refractivity contribution >= 4 is 11.7 Å². The smallest absolute Gasteiger partial charge is 0.253 e. The van der Waals surface area contributed by atoms with Gasteiger partial charge in [-0.3, -0.25) is 4.79 Å². The second-order valence-electron chi connectivity index (χ2n) is 7.58. The zero-order valence-corrected chi connectivity index (χ0v) is 16.9. The molecule has 1 aliphatic heterocycles. The van der Waals surface area contributed by atoms with Crippen molar-refractivity contribution in [1.82, 2.24) is 29.4 Å². The Morgan fingerprint density at radius 2 is 1.75 bits per heavy atom. The van der Waals surface area contributed by atoms with Crippen LogP contribution < -0.4 is 0 Å². The summed E-state index contributed by atoms with van der Waals surface area (Å²) in [5, 5.41) is 4.69. The molecule has 1 saturated heterocycles. The summed E-state index contributed by atoms with van der Waals surface area (Å²) in [7, 11) is 2.09. The minimum atomic E-state index is 0.152. The molecule has 2 aromatic heterocycles. The zero-order valence-electron chi connectivity index (χ0n) is 16.9. The van der Waals surface area contributed by atoms with E-state index >= 15 is 0 Å². The van der Waals surface area contributed by atoms with Crippen LogP contribution in [-0.4, -0.2) is 68.5 Å². The van der Waals surface area contributed by atoms with Crippen molar-refractivity contribution in [2.24, 2.45) is 0 Å². The van der Waals surface area contributed by atoms with Crippen LogP contribution in [0.1, 0.15) is 22.5 Å². The predicted octanol–water partition coefficient (Wildman–Crippen LogP) is 2.03. The SMILES string of the molecule is Cc1ccccc1-c1nc2nc(C)c(CC(=O)N3CCN(C)CC3)c(C)n2n1. The number of carbonyl (C=O) groups excluding carboxylic acids is 1. The number of carbonyl (C=O) groups is 1. The molecule has 146 valence electrons. The Morgan fingerprint density at radius 1 is 1.04 bits per heavy atom. The summed E-state index contributed by atoms with van der Waals surface area (Å²) in [5.74, 6) is 1.39. The number of hydrogen-bond acceptors (Lipinski definition) is 5. The molecule has 0 N–H and O–H groups in total. The van der Waals surface area contributed by atoms with Crippen molar-refractivity contribution in [3.63, 3.8) is 0 Å². The maximum absolute atomic E-state index is 12.8. The number of aromatic nitrogens is 4. The molecule has 7 heteroatoms. The summed E-state index contributed by atoms with van der Waals surface area (Å²) in [6.07, 6.45) is 0.351. The summed E-state index contributed by atoms with van der Waals surface area (Å²) in [4.78, 5) is 26.3. The normalized spacial score (nSPS) is 15.4. The largest absolute Gasteiger partial charge is 0.340 e. The van der Waals surface area contributed by atoms with Gasteiger partial charge in [-0.1, -0.05) is 24.3 Å². The Kier molecular flexibility index (Phi) is 4.85. The van der Waals surface area contributed by atoms with Gasteiger partial charge in [-0.05, 0) is 33.4 Å². The number of likely N-dealkylation sites (N-methyl/N-ethyl adjacent to an activating group) is 1. The van der Waals surface area contributed by atoms with Crippen molar-refractivity contribution in [1.29, 1.82) is 0 Å². The fraction of sp³-hybridized carbons (Fsp3) is 0.429. The number of rotatable bonds is 3. The fourth-order valence-corrected chi connectivity index (χ4v) is 3.72. The molecule has 0 atom stereocenters. The third kappa shape index (κ3) is 3.38. The van der Waals surface area contributed by atoms with Crippen LogP contribution in [0.25, 0.3) is 17.2 Å². The summed E-state index contributed by atoms with van der Waals surface area (Å²) in [6.45, 7) is 9.39. The van der Waals surface area contributed by atoms with Crippen molar-refractivity contribution < 1.29 is 4.79 Å². The first kappa shape index (κ1) is 18.6. The van der Waals surface area contributed by atoms with Crippen LogP contribution in [0.5, 0.6) is 0 Å². The zero-order chi connectivity index (χ0) is 19.8. The van der Waals surface area contributed by atoms with E-state index in [9.17, 15) is 4.79 Å². The average molecular weight is 378 g/mol. The highest BCUT2D eigenvalue weighted by Crippen LogP contribution is 2.22. The molecule has 0 aliphatic carbocycles. The summed E-state index contributed by atoms with van der Waals surface area (Å²) in [6, 6.07) is 8.06. The van der Waals surface area contributed by atoms with Crippen LogP contribution in [-0.2, 0) is 11.2 Å². The van der Waals surface area contributed by atoms with Gasteiger partial charge in [-0.2, -0.15) is 4.98 Å². The second-order valence-corrected chi connectivity index (χ2v) is 7.58. The third-order valence-electron chi connectivity index (χ3n) is 5.62. The van der Waals surface area contributed by atoms with E-state index in [2.05, 4.69) is 27.0 Å². The van der Waals surface area contributed by atoms with Gasteiger partial charge in [0.1, 0.15) is 0 Å². The lowest BCUT2D eigenvalue weighted by atomic mass is 10.1. The number of benzene rings is 1. The summed E-state index contributed by atoms with van der Waals surface area (Å²) in [5.41, 5.74) is 4.84. The van der Waals surface area contributed by atoms with E-state index in [-0.39, 0.29) is 5.91 Å². The fourth-order valence-electron chi connectivity index (χ4n) is 3.72. The highest BCUT2D eigenvalue weighted by molar-refractivity contribution is 5.79. The molecule has 1 fully saturated rings. The van der Waals surface area contributed by atoms with Crippen LogP contribution in [0.2, 0.25) is 0 Å². The topological polar surface area (TPSA) is 66.6 Å². The van der Waals surface area contributed by atoms with E-state index in [1.165, 1.54) is 0 Å². The number of fused-ring (bicyclic) bond motifs is 1. The first-order valence-corrected chi connectivity index (χ1v) is 9.69. The number of aryl methyl sites for hydroxylation is 3. The van der Waals surface area contributed by atoms with E-state index in [0.717, 1.165) is 54.3 Å². The average Bonchev–Trinajstić information content (AvgIpc) is 3.09. The van der Waals surface area contributed by atoms with E-state index in [1.54, 1.807) is 4.52 Å². The lowest BCUT2D eigenvalue weighted by Crippen LogP contribution is -2.47. The molecule has 0 saturated carbocycles. The number of amides is 1. The van der Waals surface area contributed by atoms with Gasteiger partial charge in [-0.25, -0.2) is 9.50 Å². The van der Waals surface area contributed by atoms with Crippen LogP contribution in [0, 0.1) is 20.8 Å². The second kappa shape index (κ2) is 7.31. The van der Waals surface area contributed by atoms with Crippen molar-refractivity contribution in [2.45, 2.75) is 27.2 Å². The van der Waals surface area contributed by atoms with Gasteiger partial charge in [0.15, 0.2) is 5.82 Å². The van der Waals surface area contributed by atoms with E-state index in [0.29, 0.717) is 18.0 Å². The molecule has 4 rings (SSSR count). The van der Waals surface area contributed by atoms with Crippen molar-refractivity contribution in [3.05, 3.63) is 46.8 Å². The van der Waals surface area contributed by atoms with Gasteiger partial charge in [0.05, 0.1) is 6.42 Å². The quantitative estimate of drug-likeness (QED) is 0.698.